The molecule has 1 aromatic heterocycles. The highest BCUT2D eigenvalue weighted by atomic mass is 32.2. The van der Waals surface area contributed by atoms with E-state index in [1.165, 1.54) is 12.1 Å². The fraction of sp³-hybridized carbons (Fsp3) is 0.312. The summed E-state index contributed by atoms with van der Waals surface area (Å²) < 4.78 is 5.43. The predicted molar refractivity (Wildman–Crippen MR) is 84.2 cm³/mol. The molecule has 0 saturated carbocycles. The van der Waals surface area contributed by atoms with Gasteiger partial charge in [-0.1, -0.05) is 43.8 Å². The number of nitrogens with zero attached hydrogens (tertiary/aromatic N) is 2. The van der Waals surface area contributed by atoms with E-state index in [-0.39, 0.29) is 0 Å². The summed E-state index contributed by atoms with van der Waals surface area (Å²) in [6.45, 7) is 4.52. The third kappa shape index (κ3) is 2.75. The van der Waals surface area contributed by atoms with Crippen molar-refractivity contribution in [2.45, 2.75) is 25.6 Å². The van der Waals surface area contributed by atoms with Crippen molar-refractivity contribution in [3.63, 3.8) is 0 Å². The summed E-state index contributed by atoms with van der Waals surface area (Å²) >= 11 is 1.85. The van der Waals surface area contributed by atoms with Crippen molar-refractivity contribution < 1.29 is 4.42 Å². The molecule has 3 rings (SSSR count). The van der Waals surface area contributed by atoms with E-state index in [0.717, 1.165) is 17.1 Å². The fourth-order valence-electron chi connectivity index (χ4n) is 2.31. The second-order valence-electron chi connectivity index (χ2n) is 5.30. The molecule has 1 aromatic carbocycles. The Hall–Kier alpha value is -1.68. The molecule has 0 spiro atoms. The van der Waals surface area contributed by atoms with Gasteiger partial charge in [0, 0.05) is 11.9 Å². The lowest BCUT2D eigenvalue weighted by atomic mass is 10.1. The number of hydrogen-bond donors (Lipinski definition) is 0. The third-order valence-corrected chi connectivity index (χ3v) is 4.48. The van der Waals surface area contributed by atoms with Gasteiger partial charge in [-0.05, 0) is 24.5 Å². The quantitative estimate of drug-likeness (QED) is 0.821. The first kappa shape index (κ1) is 13.3. The molecular weight excluding hydrogens is 268 g/mol. The Morgan fingerprint density at radius 3 is 2.75 bits per heavy atom. The molecule has 1 aliphatic rings. The van der Waals surface area contributed by atoms with Crippen LogP contribution in [0, 0.1) is 5.92 Å². The molecule has 1 unspecified atom stereocenters. The van der Waals surface area contributed by atoms with E-state index in [2.05, 4.69) is 54.2 Å². The van der Waals surface area contributed by atoms with Crippen LogP contribution in [0.15, 0.2) is 53.5 Å². The second kappa shape index (κ2) is 5.75. The normalized spacial score (nSPS) is 18.6. The summed E-state index contributed by atoms with van der Waals surface area (Å²) in [6, 6.07) is 10.5. The van der Waals surface area contributed by atoms with Crippen molar-refractivity contribution in [2.24, 2.45) is 5.92 Å². The highest BCUT2D eigenvalue weighted by Gasteiger charge is 2.29. The molecule has 0 saturated heterocycles. The van der Waals surface area contributed by atoms with Crippen LogP contribution in [-0.4, -0.2) is 10.4 Å². The largest absolute Gasteiger partial charge is 0.443 e. The number of benzene rings is 1. The molecule has 0 radical (unpaired) electrons. The van der Waals surface area contributed by atoms with Crippen LogP contribution in [0.1, 0.15) is 26.0 Å². The van der Waals surface area contributed by atoms with Gasteiger partial charge in [0.25, 0.3) is 0 Å². The molecule has 2 aromatic rings. The zero-order valence-corrected chi connectivity index (χ0v) is 12.5. The summed E-state index contributed by atoms with van der Waals surface area (Å²) in [6.07, 6.45) is 6.57. The molecule has 1 atom stereocenters. The zero-order chi connectivity index (χ0) is 13.9. The monoisotopic (exact) mass is 286 g/mol. The first-order valence-corrected chi connectivity index (χ1v) is 7.72. The van der Waals surface area contributed by atoms with Gasteiger partial charge in [-0.3, -0.25) is 0 Å². The second-order valence-corrected chi connectivity index (χ2v) is 6.52. The third-order valence-electron chi connectivity index (χ3n) is 3.23. The van der Waals surface area contributed by atoms with E-state index in [4.69, 9.17) is 4.42 Å². The number of aromatic nitrogens is 1. The Labute approximate surface area is 123 Å². The number of thioether (sulfide) groups is 1. The average molecular weight is 286 g/mol. The standard InChI is InChI=1S/C16H18N2OS/c1-12(2)8-16-18(13-6-4-3-5-7-13)10-15(20-16)14-9-17-11-19-14/h3-7,9-12,16H,8H2,1-2H3. The van der Waals surface area contributed by atoms with Crippen molar-refractivity contribution in [2.75, 3.05) is 4.90 Å². The average Bonchev–Trinajstić information content (AvgIpc) is 3.08. The van der Waals surface area contributed by atoms with Crippen LogP contribution < -0.4 is 4.90 Å². The SMILES string of the molecule is CC(C)CC1SC(c2cnco2)=CN1c1ccccc1. The summed E-state index contributed by atoms with van der Waals surface area (Å²) in [5, 5.41) is 0.414. The minimum atomic E-state index is 0.414. The maximum absolute atomic E-state index is 5.43. The molecular formula is C16H18N2OS. The minimum absolute atomic E-state index is 0.414. The van der Waals surface area contributed by atoms with Gasteiger partial charge >= 0.3 is 0 Å². The molecule has 0 N–H and O–H groups in total. The lowest BCUT2D eigenvalue weighted by Crippen LogP contribution is -2.25. The van der Waals surface area contributed by atoms with Gasteiger partial charge in [-0.15, -0.1) is 0 Å². The summed E-state index contributed by atoms with van der Waals surface area (Å²) in [5.74, 6) is 1.50. The zero-order valence-electron chi connectivity index (χ0n) is 11.7. The Bertz CT molecular complexity index is 578. The first-order valence-electron chi connectivity index (χ1n) is 6.85. The van der Waals surface area contributed by atoms with Crippen molar-refractivity contribution in [3.05, 3.63) is 54.9 Å². The van der Waals surface area contributed by atoms with Crippen LogP contribution in [0.5, 0.6) is 0 Å². The van der Waals surface area contributed by atoms with E-state index < -0.39 is 0 Å². The van der Waals surface area contributed by atoms with E-state index >= 15 is 0 Å². The topological polar surface area (TPSA) is 29.3 Å². The Morgan fingerprint density at radius 1 is 1.30 bits per heavy atom. The van der Waals surface area contributed by atoms with Gasteiger partial charge in [0.05, 0.1) is 16.5 Å². The van der Waals surface area contributed by atoms with E-state index in [1.807, 2.05) is 17.8 Å². The summed E-state index contributed by atoms with van der Waals surface area (Å²) in [4.78, 5) is 7.50. The predicted octanol–water partition coefficient (Wildman–Crippen LogP) is 4.60. The maximum Gasteiger partial charge on any atom is 0.181 e. The van der Waals surface area contributed by atoms with Crippen LogP contribution in [-0.2, 0) is 0 Å². The van der Waals surface area contributed by atoms with E-state index in [1.54, 1.807) is 6.20 Å². The Kier molecular flexibility index (Phi) is 3.83. The smallest absolute Gasteiger partial charge is 0.181 e. The highest BCUT2D eigenvalue weighted by Crippen LogP contribution is 2.43. The van der Waals surface area contributed by atoms with Crippen LogP contribution in [0.25, 0.3) is 4.91 Å². The summed E-state index contributed by atoms with van der Waals surface area (Å²) in [7, 11) is 0. The number of anilines is 1. The van der Waals surface area contributed by atoms with Gasteiger partial charge in [-0.25, -0.2) is 4.98 Å². The Balaban J connectivity index is 1.90. The fourth-order valence-corrected chi connectivity index (χ4v) is 3.77. The van der Waals surface area contributed by atoms with Crippen molar-refractivity contribution >= 4 is 22.4 Å². The van der Waals surface area contributed by atoms with Gasteiger partial charge in [0.15, 0.2) is 12.2 Å². The van der Waals surface area contributed by atoms with Gasteiger partial charge in [0.1, 0.15) is 0 Å². The number of oxazole rings is 1. The van der Waals surface area contributed by atoms with Crippen molar-refractivity contribution in [1.29, 1.82) is 0 Å². The Morgan fingerprint density at radius 2 is 2.10 bits per heavy atom. The van der Waals surface area contributed by atoms with Crippen LogP contribution in [0.2, 0.25) is 0 Å². The van der Waals surface area contributed by atoms with Crippen LogP contribution >= 0.6 is 11.8 Å². The van der Waals surface area contributed by atoms with E-state index in [0.29, 0.717) is 11.3 Å². The number of rotatable bonds is 4. The number of hydrogen-bond acceptors (Lipinski definition) is 4. The minimum Gasteiger partial charge on any atom is -0.443 e. The molecule has 0 fully saturated rings. The first-order chi connectivity index (χ1) is 9.74. The van der Waals surface area contributed by atoms with E-state index in [9.17, 15) is 0 Å². The summed E-state index contributed by atoms with van der Waals surface area (Å²) in [5.41, 5.74) is 1.22. The molecule has 3 nitrogen and oxygen atoms in total. The lowest BCUT2D eigenvalue weighted by molar-refractivity contribution is 0.547. The molecule has 0 aliphatic carbocycles. The maximum atomic E-state index is 5.43. The molecule has 1 aliphatic heterocycles. The molecule has 0 bridgehead atoms. The van der Waals surface area contributed by atoms with Gasteiger partial charge < -0.3 is 9.32 Å². The lowest BCUT2D eigenvalue weighted by Gasteiger charge is -2.26. The molecule has 4 heteroatoms. The van der Waals surface area contributed by atoms with Gasteiger partial charge in [0.2, 0.25) is 0 Å². The molecule has 20 heavy (non-hydrogen) atoms. The van der Waals surface area contributed by atoms with Gasteiger partial charge in [-0.2, -0.15) is 0 Å². The van der Waals surface area contributed by atoms with Crippen molar-refractivity contribution in [1.82, 2.24) is 4.98 Å². The highest BCUT2D eigenvalue weighted by molar-refractivity contribution is 8.09. The van der Waals surface area contributed by atoms with Crippen LogP contribution in [0.4, 0.5) is 5.69 Å². The number of para-hydroxylation sites is 1. The molecule has 0 amide bonds. The van der Waals surface area contributed by atoms with Crippen molar-refractivity contribution in [3.8, 4) is 0 Å². The molecule has 2 heterocycles. The molecule has 104 valence electrons. The van der Waals surface area contributed by atoms with Crippen LogP contribution in [0.3, 0.4) is 0 Å².